The molecule has 2 atom stereocenters. The Kier molecular flexibility index (Phi) is 3.91. The van der Waals surface area contributed by atoms with Crippen molar-refractivity contribution in [2.75, 3.05) is 25.0 Å². The van der Waals surface area contributed by atoms with Gasteiger partial charge in [-0.25, -0.2) is 0 Å². The molecule has 0 bridgehead atoms. The topological polar surface area (TPSA) is 6.48 Å². The van der Waals surface area contributed by atoms with Crippen molar-refractivity contribution in [3.8, 4) is 0 Å². The predicted molar refractivity (Wildman–Crippen MR) is 84.0 cm³/mol. The Balaban J connectivity index is 2.15. The number of benzene rings is 1. The number of likely N-dealkylation sites (N-methyl/N-ethyl adjacent to an activating group) is 1. The lowest BCUT2D eigenvalue weighted by molar-refractivity contribution is 0.170. The van der Waals surface area contributed by atoms with E-state index in [1.165, 1.54) is 11.3 Å². The molecule has 0 amide bonds. The minimum atomic E-state index is 0.237. The highest BCUT2D eigenvalue weighted by molar-refractivity contribution is 5.49. The van der Waals surface area contributed by atoms with E-state index in [-0.39, 0.29) is 5.41 Å². The molecule has 19 heavy (non-hydrogen) atoms. The summed E-state index contributed by atoms with van der Waals surface area (Å²) in [4.78, 5) is 4.99. The molecule has 0 radical (unpaired) electrons. The van der Waals surface area contributed by atoms with Crippen LogP contribution in [-0.2, 0) is 5.41 Å². The molecular formula is C17H28N2. The molecule has 1 aliphatic rings. The zero-order chi connectivity index (χ0) is 14.2. The summed E-state index contributed by atoms with van der Waals surface area (Å²) in [5.74, 6) is 0. The first-order chi connectivity index (χ1) is 8.79. The number of piperazine rings is 1. The Morgan fingerprint density at radius 3 is 1.84 bits per heavy atom. The minimum absolute atomic E-state index is 0.237. The van der Waals surface area contributed by atoms with Gasteiger partial charge in [0.25, 0.3) is 0 Å². The van der Waals surface area contributed by atoms with Crippen molar-refractivity contribution in [1.82, 2.24) is 4.90 Å². The highest BCUT2D eigenvalue weighted by atomic mass is 15.3. The number of hydrogen-bond donors (Lipinski definition) is 0. The molecule has 0 N–H and O–H groups in total. The molecule has 1 saturated heterocycles. The third-order valence-corrected chi connectivity index (χ3v) is 4.46. The lowest BCUT2D eigenvalue weighted by Gasteiger charge is -2.43. The Morgan fingerprint density at radius 2 is 1.42 bits per heavy atom. The van der Waals surface area contributed by atoms with Gasteiger partial charge in [0.2, 0.25) is 0 Å². The van der Waals surface area contributed by atoms with Crippen molar-refractivity contribution in [3.05, 3.63) is 29.8 Å². The molecule has 0 saturated carbocycles. The van der Waals surface area contributed by atoms with Gasteiger partial charge < -0.3 is 4.90 Å². The van der Waals surface area contributed by atoms with E-state index in [0.29, 0.717) is 12.1 Å². The number of rotatable bonds is 1. The Bertz CT molecular complexity index is 404. The summed E-state index contributed by atoms with van der Waals surface area (Å²) in [6.07, 6.45) is 0. The average molecular weight is 260 g/mol. The second-order valence-corrected chi connectivity index (χ2v) is 7.07. The first-order valence-corrected chi connectivity index (χ1v) is 7.36. The standard InChI is InChI=1S/C17H28N2/c1-13-11-19(12-14(2)18(13)6)16-9-7-15(8-10-16)17(3,4)5/h7-10,13-14H,11-12H2,1-6H3/t13-,14+. The van der Waals surface area contributed by atoms with Gasteiger partial charge >= 0.3 is 0 Å². The zero-order valence-electron chi connectivity index (χ0n) is 13.3. The lowest BCUT2D eigenvalue weighted by Crippen LogP contribution is -2.55. The molecule has 2 nitrogen and oxygen atoms in total. The van der Waals surface area contributed by atoms with E-state index in [4.69, 9.17) is 0 Å². The normalized spacial score (nSPS) is 25.7. The number of nitrogens with zero attached hydrogens (tertiary/aromatic N) is 2. The fraction of sp³-hybridized carbons (Fsp3) is 0.647. The molecule has 2 heteroatoms. The maximum Gasteiger partial charge on any atom is 0.0367 e. The molecule has 2 rings (SSSR count). The summed E-state index contributed by atoms with van der Waals surface area (Å²) in [7, 11) is 2.23. The molecule has 1 aliphatic heterocycles. The first kappa shape index (κ1) is 14.4. The van der Waals surface area contributed by atoms with Gasteiger partial charge in [0.15, 0.2) is 0 Å². The molecular weight excluding hydrogens is 232 g/mol. The van der Waals surface area contributed by atoms with E-state index in [9.17, 15) is 0 Å². The number of hydrogen-bond acceptors (Lipinski definition) is 2. The van der Waals surface area contributed by atoms with E-state index < -0.39 is 0 Å². The van der Waals surface area contributed by atoms with Crippen molar-refractivity contribution in [3.63, 3.8) is 0 Å². The first-order valence-electron chi connectivity index (χ1n) is 7.36. The van der Waals surface area contributed by atoms with Crippen LogP contribution in [0.5, 0.6) is 0 Å². The molecule has 1 aromatic rings. The van der Waals surface area contributed by atoms with Crippen LogP contribution in [0.3, 0.4) is 0 Å². The van der Waals surface area contributed by atoms with Crippen LogP contribution in [0.25, 0.3) is 0 Å². The molecule has 0 aliphatic carbocycles. The minimum Gasteiger partial charge on any atom is -0.368 e. The Morgan fingerprint density at radius 1 is 0.947 bits per heavy atom. The van der Waals surface area contributed by atoms with E-state index in [0.717, 1.165) is 13.1 Å². The molecule has 0 aromatic heterocycles. The van der Waals surface area contributed by atoms with E-state index >= 15 is 0 Å². The van der Waals surface area contributed by atoms with E-state index in [2.05, 4.69) is 75.7 Å². The van der Waals surface area contributed by atoms with Crippen LogP contribution in [-0.4, -0.2) is 37.1 Å². The van der Waals surface area contributed by atoms with Gasteiger partial charge in [-0.05, 0) is 44.0 Å². The van der Waals surface area contributed by atoms with Gasteiger partial charge in [-0.1, -0.05) is 32.9 Å². The molecule has 106 valence electrons. The van der Waals surface area contributed by atoms with Crippen molar-refractivity contribution in [1.29, 1.82) is 0 Å². The van der Waals surface area contributed by atoms with Crippen LogP contribution in [0.15, 0.2) is 24.3 Å². The highest BCUT2D eigenvalue weighted by Gasteiger charge is 2.26. The molecule has 0 unspecified atom stereocenters. The maximum absolute atomic E-state index is 2.52. The summed E-state index contributed by atoms with van der Waals surface area (Å²) in [6.45, 7) is 13.7. The predicted octanol–water partition coefficient (Wildman–Crippen LogP) is 3.51. The molecule has 1 aromatic carbocycles. The van der Waals surface area contributed by atoms with Crippen LogP contribution in [0, 0.1) is 0 Å². The lowest BCUT2D eigenvalue weighted by atomic mass is 9.87. The maximum atomic E-state index is 2.52. The second-order valence-electron chi connectivity index (χ2n) is 7.07. The van der Waals surface area contributed by atoms with Gasteiger partial charge in [-0.3, -0.25) is 4.90 Å². The summed E-state index contributed by atoms with van der Waals surface area (Å²) < 4.78 is 0. The van der Waals surface area contributed by atoms with E-state index in [1.807, 2.05) is 0 Å². The molecule has 0 spiro atoms. The highest BCUT2D eigenvalue weighted by Crippen LogP contribution is 2.26. The third-order valence-electron chi connectivity index (χ3n) is 4.46. The van der Waals surface area contributed by atoms with Crippen molar-refractivity contribution >= 4 is 5.69 Å². The van der Waals surface area contributed by atoms with Crippen molar-refractivity contribution < 1.29 is 0 Å². The fourth-order valence-electron chi connectivity index (χ4n) is 2.79. The van der Waals surface area contributed by atoms with Gasteiger partial charge in [0.1, 0.15) is 0 Å². The van der Waals surface area contributed by atoms with E-state index in [1.54, 1.807) is 0 Å². The largest absolute Gasteiger partial charge is 0.368 e. The quantitative estimate of drug-likeness (QED) is 0.762. The van der Waals surface area contributed by atoms with Gasteiger partial charge in [-0.15, -0.1) is 0 Å². The second kappa shape index (κ2) is 5.16. The SMILES string of the molecule is C[C@@H]1CN(c2ccc(C(C)(C)C)cc2)C[C@H](C)N1C. The third kappa shape index (κ3) is 3.11. The van der Waals surface area contributed by atoms with Crippen LogP contribution in [0.2, 0.25) is 0 Å². The fourth-order valence-corrected chi connectivity index (χ4v) is 2.79. The van der Waals surface area contributed by atoms with Crippen LogP contribution in [0.1, 0.15) is 40.2 Å². The summed E-state index contributed by atoms with van der Waals surface area (Å²) >= 11 is 0. The monoisotopic (exact) mass is 260 g/mol. The summed E-state index contributed by atoms with van der Waals surface area (Å²) in [5.41, 5.74) is 3.01. The zero-order valence-corrected chi connectivity index (χ0v) is 13.3. The number of anilines is 1. The Labute approximate surface area is 118 Å². The van der Waals surface area contributed by atoms with Crippen LogP contribution >= 0.6 is 0 Å². The van der Waals surface area contributed by atoms with Gasteiger partial charge in [0, 0.05) is 30.9 Å². The average Bonchev–Trinajstić information content (AvgIpc) is 2.34. The van der Waals surface area contributed by atoms with Crippen LogP contribution < -0.4 is 4.90 Å². The van der Waals surface area contributed by atoms with Crippen molar-refractivity contribution in [2.24, 2.45) is 0 Å². The van der Waals surface area contributed by atoms with Gasteiger partial charge in [-0.2, -0.15) is 0 Å². The summed E-state index contributed by atoms with van der Waals surface area (Å²) in [6, 6.07) is 10.4. The molecule has 1 heterocycles. The Hall–Kier alpha value is -1.02. The smallest absolute Gasteiger partial charge is 0.0367 e. The van der Waals surface area contributed by atoms with Crippen LogP contribution in [0.4, 0.5) is 5.69 Å². The van der Waals surface area contributed by atoms with Crippen molar-refractivity contribution in [2.45, 2.75) is 52.1 Å². The summed E-state index contributed by atoms with van der Waals surface area (Å²) in [5, 5.41) is 0. The molecule has 1 fully saturated rings. The van der Waals surface area contributed by atoms with Gasteiger partial charge in [0.05, 0.1) is 0 Å².